The summed E-state index contributed by atoms with van der Waals surface area (Å²) in [7, 11) is 0. The summed E-state index contributed by atoms with van der Waals surface area (Å²) in [6.45, 7) is 6.12. The monoisotopic (exact) mass is 346 g/mol. The number of nitrogen functional groups attached to an aromatic ring is 1. The maximum absolute atomic E-state index is 12.4. The third kappa shape index (κ3) is 3.63. The van der Waals surface area contributed by atoms with E-state index in [1.54, 1.807) is 12.1 Å². The highest BCUT2D eigenvalue weighted by molar-refractivity contribution is 9.10. The molecule has 0 radical (unpaired) electrons. The van der Waals surface area contributed by atoms with Crippen LogP contribution in [0.2, 0.25) is 0 Å². The third-order valence-electron chi connectivity index (χ3n) is 3.87. The Morgan fingerprint density at radius 3 is 2.63 bits per heavy atom. The van der Waals surface area contributed by atoms with Crippen LogP contribution >= 0.6 is 28.3 Å². The van der Waals surface area contributed by atoms with Crippen LogP contribution in [0.5, 0.6) is 0 Å². The maximum Gasteiger partial charge on any atom is 0.255 e. The van der Waals surface area contributed by atoms with Crippen LogP contribution in [-0.4, -0.2) is 23.9 Å². The van der Waals surface area contributed by atoms with Crippen LogP contribution in [0.25, 0.3) is 0 Å². The Kier molecular flexibility index (Phi) is 5.68. The van der Waals surface area contributed by atoms with Crippen molar-refractivity contribution >= 4 is 39.9 Å². The lowest BCUT2D eigenvalue weighted by atomic mass is 9.88. The summed E-state index contributed by atoms with van der Waals surface area (Å²) in [5.74, 6) is 1.30. The number of amides is 1. The van der Waals surface area contributed by atoms with Gasteiger partial charge in [-0.1, -0.05) is 29.8 Å². The van der Waals surface area contributed by atoms with Gasteiger partial charge < -0.3 is 10.6 Å². The van der Waals surface area contributed by atoms with Gasteiger partial charge in [0.2, 0.25) is 0 Å². The van der Waals surface area contributed by atoms with Gasteiger partial charge >= 0.3 is 0 Å². The van der Waals surface area contributed by atoms with Crippen molar-refractivity contribution in [3.8, 4) is 0 Å². The highest BCUT2D eigenvalue weighted by Gasteiger charge is 2.27. The number of likely N-dealkylation sites (tertiary alicyclic amines) is 1. The molecule has 1 fully saturated rings. The Morgan fingerprint density at radius 1 is 1.37 bits per heavy atom. The zero-order chi connectivity index (χ0) is 13.3. The molecule has 1 aromatic rings. The van der Waals surface area contributed by atoms with E-state index >= 15 is 0 Å². The Hall–Kier alpha value is -0.740. The normalized spacial score (nSPS) is 22.8. The topological polar surface area (TPSA) is 46.3 Å². The molecule has 1 saturated heterocycles. The van der Waals surface area contributed by atoms with Gasteiger partial charge in [-0.2, -0.15) is 0 Å². The Morgan fingerprint density at radius 2 is 2.05 bits per heavy atom. The number of hydrogen-bond donors (Lipinski definition) is 1. The molecular weight excluding hydrogens is 328 g/mol. The van der Waals surface area contributed by atoms with Crippen molar-refractivity contribution in [2.24, 2.45) is 11.8 Å². The summed E-state index contributed by atoms with van der Waals surface area (Å²) < 4.78 is 0.900. The minimum Gasteiger partial charge on any atom is -0.398 e. The van der Waals surface area contributed by atoms with Gasteiger partial charge in [0.05, 0.1) is 5.56 Å². The van der Waals surface area contributed by atoms with Crippen LogP contribution in [0, 0.1) is 11.8 Å². The average molecular weight is 348 g/mol. The first-order chi connectivity index (χ1) is 8.49. The van der Waals surface area contributed by atoms with Crippen LogP contribution in [0.4, 0.5) is 5.69 Å². The van der Waals surface area contributed by atoms with E-state index in [0.717, 1.165) is 24.0 Å². The van der Waals surface area contributed by atoms with Gasteiger partial charge in [-0.25, -0.2) is 0 Å². The molecule has 2 unspecified atom stereocenters. The molecule has 1 aliphatic heterocycles. The number of carbonyl (C=O) groups excluding carboxylic acids is 1. The van der Waals surface area contributed by atoms with Crippen LogP contribution < -0.4 is 5.73 Å². The fourth-order valence-electron chi connectivity index (χ4n) is 2.35. The molecule has 3 nitrogen and oxygen atoms in total. The predicted octanol–water partition coefficient (Wildman–Crippen LogP) is 3.57. The van der Waals surface area contributed by atoms with Crippen LogP contribution in [0.1, 0.15) is 30.6 Å². The van der Waals surface area contributed by atoms with Gasteiger partial charge in [0, 0.05) is 23.2 Å². The number of rotatable bonds is 1. The molecule has 0 aliphatic carbocycles. The summed E-state index contributed by atoms with van der Waals surface area (Å²) in [4.78, 5) is 14.3. The number of carbonyl (C=O) groups is 1. The molecule has 0 aromatic heterocycles. The van der Waals surface area contributed by atoms with Gasteiger partial charge in [-0.15, -0.1) is 12.4 Å². The van der Waals surface area contributed by atoms with E-state index in [-0.39, 0.29) is 18.3 Å². The first-order valence-electron chi connectivity index (χ1n) is 6.33. The van der Waals surface area contributed by atoms with Crippen LogP contribution in [0.15, 0.2) is 22.7 Å². The number of halogens is 2. The molecule has 2 atom stereocenters. The van der Waals surface area contributed by atoms with Gasteiger partial charge in [-0.05, 0) is 36.5 Å². The Labute approximate surface area is 129 Å². The molecule has 2 N–H and O–H groups in total. The van der Waals surface area contributed by atoms with E-state index in [1.165, 1.54) is 0 Å². The molecule has 1 aliphatic rings. The summed E-state index contributed by atoms with van der Waals surface area (Å²) in [6, 6.07) is 5.44. The predicted molar refractivity (Wildman–Crippen MR) is 84.7 cm³/mol. The van der Waals surface area contributed by atoms with Gasteiger partial charge in [0.25, 0.3) is 5.91 Å². The number of nitrogens with two attached hydrogens (primary N) is 1. The maximum atomic E-state index is 12.4. The quantitative estimate of drug-likeness (QED) is 0.789. The zero-order valence-corrected chi connectivity index (χ0v) is 13.6. The van der Waals surface area contributed by atoms with E-state index in [4.69, 9.17) is 5.73 Å². The first kappa shape index (κ1) is 16.3. The Bertz CT molecular complexity index is 467. The number of anilines is 1. The summed E-state index contributed by atoms with van der Waals surface area (Å²) >= 11 is 3.35. The molecule has 0 saturated carbocycles. The van der Waals surface area contributed by atoms with E-state index < -0.39 is 0 Å². The van der Waals surface area contributed by atoms with Crippen molar-refractivity contribution in [3.05, 3.63) is 28.2 Å². The molecule has 0 bridgehead atoms. The Balaban J connectivity index is 0.00000180. The lowest BCUT2D eigenvalue weighted by Crippen LogP contribution is -2.42. The van der Waals surface area contributed by atoms with E-state index in [1.807, 2.05) is 11.0 Å². The summed E-state index contributed by atoms with van der Waals surface area (Å²) in [5.41, 5.74) is 7.07. The number of benzene rings is 1. The summed E-state index contributed by atoms with van der Waals surface area (Å²) in [5, 5.41) is 0. The lowest BCUT2D eigenvalue weighted by molar-refractivity contribution is 0.0628. The molecule has 19 heavy (non-hydrogen) atoms. The molecule has 106 valence electrons. The second-order valence-corrected chi connectivity index (χ2v) is 6.14. The van der Waals surface area contributed by atoms with Crippen molar-refractivity contribution in [2.75, 3.05) is 18.8 Å². The van der Waals surface area contributed by atoms with Crippen molar-refractivity contribution in [1.29, 1.82) is 0 Å². The smallest absolute Gasteiger partial charge is 0.255 e. The minimum atomic E-state index is 0. The van der Waals surface area contributed by atoms with Gasteiger partial charge in [-0.3, -0.25) is 4.79 Å². The fourth-order valence-corrected chi connectivity index (χ4v) is 2.72. The van der Waals surface area contributed by atoms with E-state index in [0.29, 0.717) is 23.1 Å². The van der Waals surface area contributed by atoms with Crippen LogP contribution in [-0.2, 0) is 0 Å². The molecule has 1 amide bonds. The van der Waals surface area contributed by atoms with E-state index in [2.05, 4.69) is 29.8 Å². The molecule has 1 aromatic carbocycles. The highest BCUT2D eigenvalue weighted by atomic mass is 79.9. The van der Waals surface area contributed by atoms with E-state index in [9.17, 15) is 4.79 Å². The third-order valence-corrected chi connectivity index (χ3v) is 4.36. The largest absolute Gasteiger partial charge is 0.398 e. The van der Waals surface area contributed by atoms with Crippen LogP contribution in [0.3, 0.4) is 0 Å². The van der Waals surface area contributed by atoms with Gasteiger partial charge in [0.1, 0.15) is 0 Å². The lowest BCUT2D eigenvalue weighted by Gasteiger charge is -2.35. The molecule has 1 heterocycles. The van der Waals surface area contributed by atoms with Crippen molar-refractivity contribution < 1.29 is 4.79 Å². The summed E-state index contributed by atoms with van der Waals surface area (Å²) in [6.07, 6.45) is 1.07. The number of nitrogens with zero attached hydrogens (tertiary/aromatic N) is 1. The zero-order valence-electron chi connectivity index (χ0n) is 11.2. The average Bonchev–Trinajstić information content (AvgIpc) is 2.32. The SMILES string of the molecule is CC1CCN(C(=O)c2ccc(Br)cc2N)CC1C.Cl. The second kappa shape index (κ2) is 6.62. The standard InChI is InChI=1S/C14H19BrN2O.ClH/c1-9-5-6-17(8-10(9)2)14(18)12-4-3-11(15)7-13(12)16;/h3-4,7,9-10H,5-6,8,16H2,1-2H3;1H. The van der Waals surface area contributed by atoms with Crippen molar-refractivity contribution in [1.82, 2.24) is 4.90 Å². The number of piperidine rings is 1. The first-order valence-corrected chi connectivity index (χ1v) is 7.12. The molecule has 0 spiro atoms. The molecule has 5 heteroatoms. The highest BCUT2D eigenvalue weighted by Crippen LogP contribution is 2.26. The number of hydrogen-bond acceptors (Lipinski definition) is 2. The molecule has 2 rings (SSSR count). The van der Waals surface area contributed by atoms with Gasteiger partial charge in [0.15, 0.2) is 0 Å². The van der Waals surface area contributed by atoms with Crippen molar-refractivity contribution in [2.45, 2.75) is 20.3 Å². The van der Waals surface area contributed by atoms with Crippen molar-refractivity contribution in [3.63, 3.8) is 0 Å². The molecular formula is C14H20BrClN2O. The second-order valence-electron chi connectivity index (χ2n) is 5.23. The minimum absolute atomic E-state index is 0. The fraction of sp³-hybridized carbons (Fsp3) is 0.500.